The standard InChI is InChI=1S/C11H8Cl2N2O2/c1-17-8-4-2-3-7(5-8)11(16)15-9(6-14)10(12)13/h2-5H,1H3,(H,15,16). The summed E-state index contributed by atoms with van der Waals surface area (Å²) in [5, 5.41) is 11.0. The number of nitrogens with zero attached hydrogens (tertiary/aromatic N) is 1. The van der Waals surface area contributed by atoms with Crippen LogP contribution < -0.4 is 10.1 Å². The summed E-state index contributed by atoms with van der Waals surface area (Å²) in [5.74, 6) is 0.0522. The molecule has 0 aliphatic carbocycles. The van der Waals surface area contributed by atoms with Crippen LogP contribution in [0.2, 0.25) is 0 Å². The summed E-state index contributed by atoms with van der Waals surface area (Å²) in [6.45, 7) is 0. The lowest BCUT2D eigenvalue weighted by Gasteiger charge is -2.05. The predicted molar refractivity (Wildman–Crippen MR) is 64.8 cm³/mol. The molecule has 1 N–H and O–H groups in total. The molecule has 17 heavy (non-hydrogen) atoms. The summed E-state index contributed by atoms with van der Waals surface area (Å²) in [6.07, 6.45) is 0. The number of nitriles is 1. The van der Waals surface area contributed by atoms with E-state index in [9.17, 15) is 4.79 Å². The van der Waals surface area contributed by atoms with Gasteiger partial charge in [0, 0.05) is 5.56 Å². The SMILES string of the molecule is COc1cccc(C(=O)NC(C#N)=C(Cl)Cl)c1. The predicted octanol–water partition coefficient (Wildman–Crippen LogP) is 2.60. The molecular formula is C11H8Cl2N2O2. The molecule has 1 aromatic carbocycles. The third-order valence-corrected chi connectivity index (χ3v) is 2.25. The van der Waals surface area contributed by atoms with E-state index in [1.165, 1.54) is 13.2 Å². The molecule has 4 nitrogen and oxygen atoms in total. The first kappa shape index (κ1) is 13.4. The zero-order valence-corrected chi connectivity index (χ0v) is 10.3. The van der Waals surface area contributed by atoms with Crippen molar-refractivity contribution in [2.45, 2.75) is 0 Å². The summed E-state index contributed by atoms with van der Waals surface area (Å²) in [4.78, 5) is 11.7. The highest BCUT2D eigenvalue weighted by Crippen LogP contribution is 2.15. The molecule has 0 unspecified atom stereocenters. The average molecular weight is 271 g/mol. The Kier molecular flexibility index (Phi) is 4.83. The van der Waals surface area contributed by atoms with Gasteiger partial charge in [-0.1, -0.05) is 29.3 Å². The fraction of sp³-hybridized carbons (Fsp3) is 0.0909. The van der Waals surface area contributed by atoms with Gasteiger partial charge in [0.1, 0.15) is 16.3 Å². The van der Waals surface area contributed by atoms with Gasteiger partial charge in [0.15, 0.2) is 5.70 Å². The van der Waals surface area contributed by atoms with Crippen LogP contribution in [0.1, 0.15) is 10.4 Å². The maximum atomic E-state index is 11.7. The lowest BCUT2D eigenvalue weighted by atomic mass is 10.2. The molecule has 0 atom stereocenters. The molecule has 0 radical (unpaired) electrons. The first-order valence-electron chi connectivity index (χ1n) is 4.49. The van der Waals surface area contributed by atoms with Gasteiger partial charge in [0.05, 0.1) is 7.11 Å². The van der Waals surface area contributed by atoms with Crippen molar-refractivity contribution in [1.82, 2.24) is 5.32 Å². The van der Waals surface area contributed by atoms with E-state index in [0.717, 1.165) is 0 Å². The number of hydrogen-bond donors (Lipinski definition) is 1. The third kappa shape index (κ3) is 3.66. The van der Waals surface area contributed by atoms with Crippen LogP contribution in [0.3, 0.4) is 0 Å². The molecule has 0 saturated heterocycles. The minimum Gasteiger partial charge on any atom is -0.497 e. The van der Waals surface area contributed by atoms with E-state index in [1.54, 1.807) is 24.3 Å². The Hall–Kier alpha value is -1.70. The van der Waals surface area contributed by atoms with Crippen LogP contribution >= 0.6 is 23.2 Å². The van der Waals surface area contributed by atoms with E-state index in [2.05, 4.69) is 5.32 Å². The van der Waals surface area contributed by atoms with Gasteiger partial charge in [-0.3, -0.25) is 4.79 Å². The first-order chi connectivity index (χ1) is 8.08. The van der Waals surface area contributed by atoms with Gasteiger partial charge in [-0.15, -0.1) is 0 Å². The van der Waals surface area contributed by atoms with Crippen molar-refractivity contribution < 1.29 is 9.53 Å². The van der Waals surface area contributed by atoms with Crippen molar-refractivity contribution >= 4 is 29.1 Å². The zero-order valence-electron chi connectivity index (χ0n) is 8.83. The summed E-state index contributed by atoms with van der Waals surface area (Å²) in [7, 11) is 1.49. The first-order valence-corrected chi connectivity index (χ1v) is 5.25. The molecule has 1 rings (SSSR count). The normalized spacial score (nSPS) is 9.06. The summed E-state index contributed by atoms with van der Waals surface area (Å²) in [5.41, 5.74) is 0.146. The van der Waals surface area contributed by atoms with Crippen molar-refractivity contribution in [1.29, 1.82) is 5.26 Å². The number of methoxy groups -OCH3 is 1. The fourth-order valence-corrected chi connectivity index (χ4v) is 1.25. The second kappa shape index (κ2) is 6.14. The van der Waals surface area contributed by atoms with Crippen molar-refractivity contribution in [3.05, 3.63) is 40.0 Å². The molecule has 0 aromatic heterocycles. The van der Waals surface area contributed by atoms with Gasteiger partial charge in [0.25, 0.3) is 5.91 Å². The van der Waals surface area contributed by atoms with Crippen molar-refractivity contribution in [3.8, 4) is 11.8 Å². The van der Waals surface area contributed by atoms with Gasteiger partial charge in [-0.05, 0) is 18.2 Å². The summed E-state index contributed by atoms with van der Waals surface area (Å²) >= 11 is 10.8. The average Bonchev–Trinajstić information content (AvgIpc) is 2.35. The molecule has 0 saturated carbocycles. The summed E-state index contributed by atoms with van der Waals surface area (Å²) in [6, 6.07) is 8.16. The minimum absolute atomic E-state index is 0.193. The quantitative estimate of drug-likeness (QED) is 0.859. The molecule has 0 bridgehead atoms. The van der Waals surface area contributed by atoms with Crippen LogP contribution in [0, 0.1) is 11.3 Å². The number of allylic oxidation sites excluding steroid dienone is 1. The Bertz CT molecular complexity index is 502. The minimum atomic E-state index is -0.487. The van der Waals surface area contributed by atoms with Crippen LogP contribution in [0.15, 0.2) is 34.5 Å². The number of halogens is 2. The topological polar surface area (TPSA) is 62.1 Å². The van der Waals surface area contributed by atoms with E-state index >= 15 is 0 Å². The van der Waals surface area contributed by atoms with Crippen LogP contribution in [0.4, 0.5) is 0 Å². The molecule has 0 heterocycles. The third-order valence-electron chi connectivity index (χ3n) is 1.87. The van der Waals surface area contributed by atoms with E-state index in [-0.39, 0.29) is 10.2 Å². The van der Waals surface area contributed by atoms with Crippen LogP contribution in [-0.2, 0) is 0 Å². The van der Waals surface area contributed by atoms with Crippen LogP contribution in [0.5, 0.6) is 5.75 Å². The zero-order chi connectivity index (χ0) is 12.8. The second-order valence-corrected chi connectivity index (χ2v) is 3.88. The number of hydrogen-bond acceptors (Lipinski definition) is 3. The Labute approximate surface area is 108 Å². The smallest absolute Gasteiger partial charge is 0.256 e. The number of nitrogens with one attached hydrogen (secondary N) is 1. The number of amides is 1. The number of carbonyl (C=O) groups excluding carboxylic acids is 1. The Morgan fingerprint density at radius 2 is 2.18 bits per heavy atom. The lowest BCUT2D eigenvalue weighted by Crippen LogP contribution is -2.22. The molecule has 6 heteroatoms. The molecule has 0 aliphatic rings. The molecular weight excluding hydrogens is 263 g/mol. The molecule has 88 valence electrons. The molecule has 1 amide bonds. The van der Waals surface area contributed by atoms with Crippen LogP contribution in [0.25, 0.3) is 0 Å². The van der Waals surface area contributed by atoms with Gasteiger partial charge >= 0.3 is 0 Å². The highest BCUT2D eigenvalue weighted by atomic mass is 35.5. The van der Waals surface area contributed by atoms with E-state index in [4.69, 9.17) is 33.2 Å². The number of benzene rings is 1. The maximum Gasteiger partial charge on any atom is 0.256 e. The van der Waals surface area contributed by atoms with Crippen molar-refractivity contribution in [2.24, 2.45) is 0 Å². The van der Waals surface area contributed by atoms with Gasteiger partial charge in [0.2, 0.25) is 0 Å². The molecule has 0 fully saturated rings. The highest BCUT2D eigenvalue weighted by molar-refractivity contribution is 6.56. The Balaban J connectivity index is 2.91. The second-order valence-electron chi connectivity index (χ2n) is 2.93. The van der Waals surface area contributed by atoms with Crippen molar-refractivity contribution in [2.75, 3.05) is 7.11 Å². The molecule has 0 aliphatic heterocycles. The number of carbonyl (C=O) groups is 1. The van der Waals surface area contributed by atoms with Gasteiger partial charge < -0.3 is 10.1 Å². The van der Waals surface area contributed by atoms with Crippen molar-refractivity contribution in [3.63, 3.8) is 0 Å². The largest absolute Gasteiger partial charge is 0.497 e. The summed E-state index contributed by atoms with van der Waals surface area (Å²) < 4.78 is 4.69. The van der Waals surface area contributed by atoms with Crippen LogP contribution in [-0.4, -0.2) is 13.0 Å². The lowest BCUT2D eigenvalue weighted by molar-refractivity contribution is 0.0967. The Morgan fingerprint density at radius 1 is 1.47 bits per heavy atom. The fourth-order valence-electron chi connectivity index (χ4n) is 1.07. The Morgan fingerprint density at radius 3 is 2.71 bits per heavy atom. The number of ether oxygens (including phenoxy) is 1. The monoisotopic (exact) mass is 270 g/mol. The molecule has 1 aromatic rings. The van der Waals surface area contributed by atoms with E-state index in [0.29, 0.717) is 11.3 Å². The van der Waals surface area contributed by atoms with Gasteiger partial charge in [-0.25, -0.2) is 0 Å². The van der Waals surface area contributed by atoms with E-state index in [1.807, 2.05) is 0 Å². The van der Waals surface area contributed by atoms with Gasteiger partial charge in [-0.2, -0.15) is 5.26 Å². The van der Waals surface area contributed by atoms with E-state index < -0.39 is 5.91 Å². The maximum absolute atomic E-state index is 11.7. The number of rotatable bonds is 3. The highest BCUT2D eigenvalue weighted by Gasteiger charge is 2.10. The molecule has 0 spiro atoms.